The lowest BCUT2D eigenvalue weighted by molar-refractivity contribution is -0.125. The zero-order valence-electron chi connectivity index (χ0n) is 16.7. The number of carbonyl (C=O) groups is 1. The van der Waals surface area contributed by atoms with Crippen molar-refractivity contribution >= 4 is 56.1 Å². The van der Waals surface area contributed by atoms with Crippen LogP contribution < -0.4 is 21.7 Å². The number of carbonyl (C=O) groups excluding carboxylic acids is 1. The molecule has 9 nitrogen and oxygen atoms in total. The molecule has 1 amide bonds. The van der Waals surface area contributed by atoms with E-state index in [1.807, 2.05) is 16.7 Å². The van der Waals surface area contributed by atoms with Gasteiger partial charge in [0, 0.05) is 39.9 Å². The average Bonchev–Trinajstić information content (AvgIpc) is 3.29. The number of halogens is 2. The Morgan fingerprint density at radius 2 is 2.13 bits per heavy atom. The fourth-order valence-corrected chi connectivity index (χ4v) is 4.91. The molecule has 5 rings (SSSR count). The predicted molar refractivity (Wildman–Crippen MR) is 123 cm³/mol. The van der Waals surface area contributed by atoms with Crippen LogP contribution in [0.1, 0.15) is 24.8 Å². The number of hydrogen-bond donors (Lipinski definition) is 3. The van der Waals surface area contributed by atoms with E-state index in [0.717, 1.165) is 28.6 Å². The zero-order chi connectivity index (χ0) is 21.8. The van der Waals surface area contributed by atoms with Crippen LogP contribution in [0.4, 0.5) is 11.5 Å². The molecule has 1 saturated carbocycles. The normalized spacial score (nSPS) is 21.1. The number of nitrogens with two attached hydrogens (primary N) is 2. The summed E-state index contributed by atoms with van der Waals surface area (Å²) in [7, 11) is 0. The molecule has 2 aromatic heterocycles. The Morgan fingerprint density at radius 3 is 2.90 bits per heavy atom. The minimum atomic E-state index is -0.919. The molecule has 0 bridgehead atoms. The van der Waals surface area contributed by atoms with Crippen molar-refractivity contribution < 1.29 is 4.79 Å². The molecule has 3 aromatic rings. The Balaban J connectivity index is 1.47. The highest BCUT2D eigenvalue weighted by atomic mass is 79.9. The van der Waals surface area contributed by atoms with Gasteiger partial charge in [-0.15, -0.1) is 0 Å². The molecule has 0 radical (unpaired) electrons. The predicted octanol–water partition coefficient (Wildman–Crippen LogP) is 2.06. The minimum Gasteiger partial charge on any atom is -0.382 e. The van der Waals surface area contributed by atoms with E-state index >= 15 is 0 Å². The van der Waals surface area contributed by atoms with Crippen LogP contribution in [0.25, 0.3) is 11.2 Å². The Kier molecular flexibility index (Phi) is 5.03. The lowest BCUT2D eigenvalue weighted by Crippen LogP contribution is -2.56. The van der Waals surface area contributed by atoms with Crippen LogP contribution in [0.3, 0.4) is 0 Å². The maximum absolute atomic E-state index is 12.7. The van der Waals surface area contributed by atoms with Crippen molar-refractivity contribution in [1.82, 2.24) is 24.8 Å². The van der Waals surface area contributed by atoms with Crippen LogP contribution in [-0.2, 0) is 11.3 Å². The SMILES string of the molecule is Nc1ncnc2c1ncn2Cc1c(Br)cc(Cl)cc1N1CCC(N)(C(=O)NC2CC2)C1. The molecule has 1 saturated heterocycles. The van der Waals surface area contributed by atoms with Crippen LogP contribution in [0, 0.1) is 0 Å². The topological polar surface area (TPSA) is 128 Å². The van der Waals surface area contributed by atoms with Crippen molar-refractivity contribution in [2.24, 2.45) is 5.73 Å². The van der Waals surface area contributed by atoms with E-state index in [-0.39, 0.29) is 11.9 Å². The summed E-state index contributed by atoms with van der Waals surface area (Å²) in [6.07, 6.45) is 5.76. The summed E-state index contributed by atoms with van der Waals surface area (Å²) in [5.74, 6) is 0.265. The number of amides is 1. The summed E-state index contributed by atoms with van der Waals surface area (Å²) in [5, 5.41) is 3.64. The number of nitrogen functional groups attached to an aromatic ring is 1. The van der Waals surface area contributed by atoms with Gasteiger partial charge in [-0.3, -0.25) is 4.79 Å². The van der Waals surface area contributed by atoms with Gasteiger partial charge in [-0.2, -0.15) is 0 Å². The molecule has 1 aromatic carbocycles. The monoisotopic (exact) mass is 504 g/mol. The molecule has 1 atom stereocenters. The van der Waals surface area contributed by atoms with Crippen LogP contribution in [0.5, 0.6) is 0 Å². The summed E-state index contributed by atoms with van der Waals surface area (Å²) in [5.41, 5.74) is 14.7. The molecule has 1 aliphatic carbocycles. The second-order valence-electron chi connectivity index (χ2n) is 8.26. The Morgan fingerprint density at radius 1 is 1.32 bits per heavy atom. The highest BCUT2D eigenvalue weighted by molar-refractivity contribution is 9.10. The smallest absolute Gasteiger partial charge is 0.242 e. The Labute approximate surface area is 192 Å². The molecular formula is C20H22BrClN8O. The summed E-state index contributed by atoms with van der Waals surface area (Å²) in [6.45, 7) is 1.57. The van der Waals surface area contributed by atoms with Crippen molar-refractivity contribution in [2.45, 2.75) is 37.4 Å². The van der Waals surface area contributed by atoms with Gasteiger partial charge in [0.15, 0.2) is 11.5 Å². The van der Waals surface area contributed by atoms with Gasteiger partial charge in [-0.1, -0.05) is 27.5 Å². The van der Waals surface area contributed by atoms with E-state index in [9.17, 15) is 4.79 Å². The molecule has 2 aliphatic rings. The van der Waals surface area contributed by atoms with Crippen molar-refractivity contribution in [1.29, 1.82) is 0 Å². The van der Waals surface area contributed by atoms with Crippen molar-refractivity contribution in [3.63, 3.8) is 0 Å². The van der Waals surface area contributed by atoms with E-state index in [0.29, 0.717) is 48.1 Å². The van der Waals surface area contributed by atoms with Gasteiger partial charge >= 0.3 is 0 Å². The number of benzene rings is 1. The minimum absolute atomic E-state index is 0.0760. The number of aromatic nitrogens is 4. The first-order valence-electron chi connectivity index (χ1n) is 10.1. The number of imidazole rings is 1. The van der Waals surface area contributed by atoms with Crippen LogP contribution in [0.2, 0.25) is 5.02 Å². The molecule has 1 unspecified atom stereocenters. The van der Waals surface area contributed by atoms with E-state index in [2.05, 4.69) is 41.1 Å². The summed E-state index contributed by atoms with van der Waals surface area (Å²) >= 11 is 10.0. The van der Waals surface area contributed by atoms with Gasteiger partial charge in [-0.25, -0.2) is 15.0 Å². The van der Waals surface area contributed by atoms with Crippen LogP contribution in [0.15, 0.2) is 29.3 Å². The Bertz CT molecular complexity index is 1180. The number of nitrogens with one attached hydrogen (secondary N) is 1. The zero-order valence-corrected chi connectivity index (χ0v) is 19.0. The van der Waals surface area contributed by atoms with Gasteiger partial charge in [0.2, 0.25) is 5.91 Å². The first-order chi connectivity index (χ1) is 14.8. The highest BCUT2D eigenvalue weighted by Gasteiger charge is 2.43. The molecule has 2 fully saturated rings. The van der Waals surface area contributed by atoms with E-state index in [4.69, 9.17) is 23.1 Å². The quantitative estimate of drug-likeness (QED) is 0.484. The van der Waals surface area contributed by atoms with Gasteiger partial charge < -0.3 is 26.3 Å². The van der Waals surface area contributed by atoms with Gasteiger partial charge in [0.1, 0.15) is 17.4 Å². The molecule has 162 valence electrons. The number of rotatable bonds is 5. The molecule has 11 heteroatoms. The van der Waals surface area contributed by atoms with Crippen LogP contribution in [-0.4, -0.2) is 50.1 Å². The first kappa shape index (κ1) is 20.5. The van der Waals surface area contributed by atoms with Gasteiger partial charge in [0.05, 0.1) is 12.9 Å². The number of fused-ring (bicyclic) bond motifs is 1. The number of anilines is 2. The fraction of sp³-hybridized carbons (Fsp3) is 0.400. The van der Waals surface area contributed by atoms with Crippen LogP contribution >= 0.6 is 27.5 Å². The molecular weight excluding hydrogens is 484 g/mol. The van der Waals surface area contributed by atoms with Crippen molar-refractivity contribution in [2.75, 3.05) is 23.7 Å². The van der Waals surface area contributed by atoms with Gasteiger partial charge in [-0.05, 0) is 31.4 Å². The third kappa shape index (κ3) is 3.83. The number of nitrogens with zero attached hydrogens (tertiary/aromatic N) is 5. The molecule has 0 spiro atoms. The molecule has 1 aliphatic heterocycles. The van der Waals surface area contributed by atoms with E-state index < -0.39 is 5.54 Å². The summed E-state index contributed by atoms with van der Waals surface area (Å²) in [6, 6.07) is 4.05. The highest BCUT2D eigenvalue weighted by Crippen LogP contribution is 2.36. The van der Waals surface area contributed by atoms with E-state index in [1.165, 1.54) is 6.33 Å². The maximum Gasteiger partial charge on any atom is 0.242 e. The summed E-state index contributed by atoms with van der Waals surface area (Å²) in [4.78, 5) is 27.5. The largest absolute Gasteiger partial charge is 0.382 e. The summed E-state index contributed by atoms with van der Waals surface area (Å²) < 4.78 is 2.77. The lowest BCUT2D eigenvalue weighted by atomic mass is 9.99. The van der Waals surface area contributed by atoms with Crippen molar-refractivity contribution in [3.8, 4) is 0 Å². The Hall–Kier alpha value is -2.43. The van der Waals surface area contributed by atoms with Crippen molar-refractivity contribution in [3.05, 3.63) is 39.8 Å². The molecule has 31 heavy (non-hydrogen) atoms. The third-order valence-corrected chi connectivity index (χ3v) is 6.83. The molecule has 3 heterocycles. The molecule has 5 N–H and O–H groups in total. The second kappa shape index (κ2) is 7.61. The number of hydrogen-bond acceptors (Lipinski definition) is 7. The first-order valence-corrected chi connectivity index (χ1v) is 11.3. The maximum atomic E-state index is 12.7. The second-order valence-corrected chi connectivity index (χ2v) is 9.56. The van der Waals surface area contributed by atoms with E-state index in [1.54, 1.807) is 6.33 Å². The fourth-order valence-electron chi connectivity index (χ4n) is 3.99. The lowest BCUT2D eigenvalue weighted by Gasteiger charge is -2.27. The third-order valence-electron chi connectivity index (χ3n) is 5.90. The average molecular weight is 506 g/mol. The van der Waals surface area contributed by atoms with Gasteiger partial charge in [0.25, 0.3) is 0 Å². The standard InChI is InChI=1S/C20H22BrClN8O/c21-14-5-11(22)6-15(29-4-3-20(24,8-29)19(31)28-12-1-2-12)13(14)7-30-10-27-16-17(23)25-9-26-18(16)30/h5-6,9-10,12H,1-4,7-8,24H2,(H,28,31)(H2,23,25,26).